The van der Waals surface area contributed by atoms with Crippen LogP contribution in [0.25, 0.3) is 0 Å². The smallest absolute Gasteiger partial charge is 0.263 e. The van der Waals surface area contributed by atoms with E-state index in [9.17, 15) is 4.79 Å². The third-order valence-electron chi connectivity index (χ3n) is 4.75. The van der Waals surface area contributed by atoms with Crippen molar-refractivity contribution in [1.29, 1.82) is 0 Å². The summed E-state index contributed by atoms with van der Waals surface area (Å²) in [5.41, 5.74) is 3.08. The summed E-state index contributed by atoms with van der Waals surface area (Å²) in [6.07, 6.45) is 0.0137. The van der Waals surface area contributed by atoms with Crippen molar-refractivity contribution in [3.05, 3.63) is 108 Å². The zero-order chi connectivity index (χ0) is 19.2. The second-order valence-corrected chi connectivity index (χ2v) is 6.80. The van der Waals surface area contributed by atoms with Crippen LogP contribution in [0.1, 0.15) is 16.7 Å². The Bertz CT molecular complexity index is 940. The molecule has 0 aliphatic carbocycles. The number of aliphatic imine (C=N–C) groups is 1. The minimum atomic E-state index is -0.640. The lowest BCUT2D eigenvalue weighted by atomic mass is 10.0. The van der Waals surface area contributed by atoms with Gasteiger partial charge in [0.25, 0.3) is 5.91 Å². The fraction of sp³-hybridized carbons (Fsp3) is 0.167. The highest BCUT2D eigenvalue weighted by atomic mass is 16.5. The van der Waals surface area contributed by atoms with Crippen molar-refractivity contribution in [2.24, 2.45) is 4.99 Å². The van der Waals surface area contributed by atoms with Crippen LogP contribution in [0.15, 0.2) is 96.0 Å². The van der Waals surface area contributed by atoms with Gasteiger partial charge in [0.05, 0.1) is 0 Å². The monoisotopic (exact) mass is 370 g/mol. The molecule has 0 spiro atoms. The summed E-state index contributed by atoms with van der Waals surface area (Å²) in [6, 6.07) is 29.4. The third-order valence-corrected chi connectivity index (χ3v) is 4.75. The van der Waals surface area contributed by atoms with Crippen LogP contribution in [0.2, 0.25) is 0 Å². The van der Waals surface area contributed by atoms with E-state index in [1.165, 1.54) is 0 Å². The highest BCUT2D eigenvalue weighted by Crippen LogP contribution is 2.22. The number of benzene rings is 3. The van der Waals surface area contributed by atoms with Crippen LogP contribution in [0.4, 0.5) is 0 Å². The van der Waals surface area contributed by atoms with Gasteiger partial charge in [-0.25, -0.2) is 4.99 Å². The first-order valence-electron chi connectivity index (χ1n) is 9.45. The molecule has 1 N–H and O–H groups in total. The molecular formula is C24H22N2O2. The quantitative estimate of drug-likeness (QED) is 0.718. The molecule has 1 aliphatic rings. The van der Waals surface area contributed by atoms with E-state index in [2.05, 4.69) is 17.4 Å². The van der Waals surface area contributed by atoms with Crippen molar-refractivity contribution in [3.63, 3.8) is 0 Å². The van der Waals surface area contributed by atoms with Crippen molar-refractivity contribution in [2.75, 3.05) is 0 Å². The van der Waals surface area contributed by atoms with E-state index in [4.69, 9.17) is 9.73 Å². The van der Waals surface area contributed by atoms with E-state index < -0.39 is 6.10 Å². The van der Waals surface area contributed by atoms with E-state index in [0.717, 1.165) is 16.7 Å². The van der Waals surface area contributed by atoms with Gasteiger partial charge in [0.1, 0.15) is 6.04 Å². The summed E-state index contributed by atoms with van der Waals surface area (Å²) in [5, 5.41) is 2.99. The normalized spacial score (nSPS) is 18.2. The summed E-state index contributed by atoms with van der Waals surface area (Å²) in [7, 11) is 0. The third kappa shape index (κ3) is 4.29. The lowest BCUT2D eigenvalue weighted by Crippen LogP contribution is -2.41. The van der Waals surface area contributed by atoms with E-state index in [0.29, 0.717) is 18.9 Å². The molecule has 0 radical (unpaired) electrons. The zero-order valence-corrected chi connectivity index (χ0v) is 15.5. The molecule has 0 saturated heterocycles. The Labute approximate surface area is 164 Å². The van der Waals surface area contributed by atoms with Crippen molar-refractivity contribution >= 4 is 11.8 Å². The lowest BCUT2D eigenvalue weighted by molar-refractivity contribution is -0.128. The van der Waals surface area contributed by atoms with Gasteiger partial charge in [0, 0.05) is 12.1 Å². The molecule has 140 valence electrons. The first-order chi connectivity index (χ1) is 13.8. The second kappa shape index (κ2) is 8.53. The highest BCUT2D eigenvalue weighted by Gasteiger charge is 2.37. The fourth-order valence-corrected chi connectivity index (χ4v) is 3.29. The topological polar surface area (TPSA) is 50.7 Å². The summed E-state index contributed by atoms with van der Waals surface area (Å²) in [4.78, 5) is 17.6. The van der Waals surface area contributed by atoms with Crippen LogP contribution in [-0.4, -0.2) is 24.0 Å². The number of amides is 1. The first kappa shape index (κ1) is 18.0. The molecule has 0 aromatic heterocycles. The molecule has 1 amide bonds. The molecule has 2 atom stereocenters. The Morgan fingerprint density at radius 3 is 2.04 bits per heavy atom. The predicted octanol–water partition coefficient (Wildman–Crippen LogP) is 3.76. The summed E-state index contributed by atoms with van der Waals surface area (Å²) < 4.78 is 6.02. The van der Waals surface area contributed by atoms with Gasteiger partial charge < -0.3 is 10.1 Å². The Morgan fingerprint density at radius 1 is 0.821 bits per heavy atom. The van der Waals surface area contributed by atoms with Gasteiger partial charge in [0.2, 0.25) is 12.0 Å². The van der Waals surface area contributed by atoms with Crippen LogP contribution in [0, 0.1) is 0 Å². The van der Waals surface area contributed by atoms with Gasteiger partial charge in [-0.15, -0.1) is 0 Å². The molecule has 4 nitrogen and oxygen atoms in total. The molecule has 0 fully saturated rings. The average molecular weight is 370 g/mol. The van der Waals surface area contributed by atoms with Gasteiger partial charge in [-0.3, -0.25) is 4.79 Å². The molecular weight excluding hydrogens is 348 g/mol. The van der Waals surface area contributed by atoms with Crippen LogP contribution in [0.3, 0.4) is 0 Å². The molecule has 1 unspecified atom stereocenters. The van der Waals surface area contributed by atoms with E-state index in [1.54, 1.807) is 0 Å². The standard InChI is InChI=1S/C24H22N2O2/c27-23(25-17-19-12-6-2-7-13-19)22-21(16-18-10-4-1-5-11-18)26-24(28-22)20-14-8-3-9-15-20/h1-15,21-22H,16-17H2,(H,25,27)/t21-,22?/m0/s1. The number of hydrogen-bond donors (Lipinski definition) is 1. The number of rotatable bonds is 6. The van der Waals surface area contributed by atoms with Crippen LogP contribution < -0.4 is 5.32 Å². The largest absolute Gasteiger partial charge is 0.462 e. The number of hydrogen-bond acceptors (Lipinski definition) is 3. The SMILES string of the molecule is O=C(NCc1ccccc1)C1OC(c2ccccc2)=N[C@H]1Cc1ccccc1. The van der Waals surface area contributed by atoms with Crippen molar-refractivity contribution < 1.29 is 9.53 Å². The van der Waals surface area contributed by atoms with Crippen LogP contribution >= 0.6 is 0 Å². The van der Waals surface area contributed by atoms with E-state index in [-0.39, 0.29) is 11.9 Å². The maximum absolute atomic E-state index is 12.9. The van der Waals surface area contributed by atoms with Gasteiger partial charge in [0.15, 0.2) is 0 Å². The predicted molar refractivity (Wildman–Crippen MR) is 110 cm³/mol. The van der Waals surface area contributed by atoms with E-state index >= 15 is 0 Å². The number of carbonyl (C=O) groups is 1. The van der Waals surface area contributed by atoms with Gasteiger partial charge in [-0.1, -0.05) is 78.9 Å². The van der Waals surface area contributed by atoms with Gasteiger partial charge in [-0.05, 0) is 29.7 Å². The maximum atomic E-state index is 12.9. The summed E-state index contributed by atoms with van der Waals surface area (Å²) >= 11 is 0. The molecule has 1 heterocycles. The molecule has 4 heteroatoms. The lowest BCUT2D eigenvalue weighted by Gasteiger charge is -2.17. The number of ether oxygens (including phenoxy) is 1. The second-order valence-electron chi connectivity index (χ2n) is 6.80. The molecule has 0 saturated carbocycles. The fourth-order valence-electron chi connectivity index (χ4n) is 3.29. The first-order valence-corrected chi connectivity index (χ1v) is 9.45. The molecule has 0 bridgehead atoms. The van der Waals surface area contributed by atoms with Gasteiger partial charge >= 0.3 is 0 Å². The Hall–Kier alpha value is -3.40. The van der Waals surface area contributed by atoms with Crippen molar-refractivity contribution in [3.8, 4) is 0 Å². The summed E-state index contributed by atoms with van der Waals surface area (Å²) in [5.74, 6) is 0.390. The maximum Gasteiger partial charge on any atom is 0.263 e. The molecule has 3 aromatic rings. The number of carbonyl (C=O) groups excluding carboxylic acids is 1. The van der Waals surface area contributed by atoms with E-state index in [1.807, 2.05) is 78.9 Å². The molecule has 1 aliphatic heterocycles. The minimum absolute atomic E-state index is 0.139. The van der Waals surface area contributed by atoms with Crippen molar-refractivity contribution in [2.45, 2.75) is 25.1 Å². The number of nitrogens with one attached hydrogen (secondary N) is 1. The van der Waals surface area contributed by atoms with Crippen LogP contribution in [0.5, 0.6) is 0 Å². The average Bonchev–Trinajstić information content (AvgIpc) is 3.18. The number of nitrogens with zero attached hydrogens (tertiary/aromatic N) is 1. The Balaban J connectivity index is 1.51. The Morgan fingerprint density at radius 2 is 1.39 bits per heavy atom. The molecule has 28 heavy (non-hydrogen) atoms. The van der Waals surface area contributed by atoms with Crippen LogP contribution in [-0.2, 0) is 22.5 Å². The molecule has 3 aromatic carbocycles. The zero-order valence-electron chi connectivity index (χ0n) is 15.5. The highest BCUT2D eigenvalue weighted by molar-refractivity contribution is 5.98. The Kier molecular flexibility index (Phi) is 5.48. The van der Waals surface area contributed by atoms with Crippen molar-refractivity contribution in [1.82, 2.24) is 5.32 Å². The summed E-state index contributed by atoms with van der Waals surface area (Å²) in [6.45, 7) is 0.470. The minimum Gasteiger partial charge on any atom is -0.462 e. The van der Waals surface area contributed by atoms with Gasteiger partial charge in [-0.2, -0.15) is 0 Å². The molecule has 4 rings (SSSR count).